The van der Waals surface area contributed by atoms with Gasteiger partial charge in [-0.3, -0.25) is 0 Å². The van der Waals surface area contributed by atoms with Crippen molar-refractivity contribution >= 4 is 17.9 Å². The average molecular weight is 470 g/mol. The summed E-state index contributed by atoms with van der Waals surface area (Å²) in [5.74, 6) is -0.659. The second-order valence-corrected chi connectivity index (χ2v) is 10.6. The number of benzene rings is 1. The Morgan fingerprint density at radius 2 is 1.74 bits per heavy atom. The Balaban J connectivity index is 2.06. The SMILES string of the molecule is CC(C)(C)OC(=O)c1c(C2CCCN(C(=O)OC(C)(C)C)C2)cc(-c2ccccc2O)nc1N. The van der Waals surface area contributed by atoms with Gasteiger partial charge in [-0.2, -0.15) is 0 Å². The Bertz CT molecular complexity index is 1070. The quantitative estimate of drug-likeness (QED) is 0.601. The van der Waals surface area contributed by atoms with Crippen LogP contribution in [0.1, 0.15) is 76.2 Å². The van der Waals surface area contributed by atoms with Crippen LogP contribution in [0.5, 0.6) is 5.75 Å². The fourth-order valence-corrected chi connectivity index (χ4v) is 4.01. The Kier molecular flexibility index (Phi) is 7.10. The van der Waals surface area contributed by atoms with Crippen LogP contribution in [-0.2, 0) is 9.47 Å². The highest BCUT2D eigenvalue weighted by Gasteiger charge is 2.33. The largest absolute Gasteiger partial charge is 0.507 e. The maximum absolute atomic E-state index is 13.2. The third kappa shape index (κ3) is 6.18. The van der Waals surface area contributed by atoms with Gasteiger partial charge in [0, 0.05) is 24.6 Å². The molecule has 1 aliphatic heterocycles. The monoisotopic (exact) mass is 469 g/mol. The number of ether oxygens (including phenoxy) is 2. The lowest BCUT2D eigenvalue weighted by molar-refractivity contribution is 0.00683. The van der Waals surface area contributed by atoms with Crippen molar-refractivity contribution in [3.05, 3.63) is 41.5 Å². The molecule has 1 amide bonds. The summed E-state index contributed by atoms with van der Waals surface area (Å²) < 4.78 is 11.2. The third-order valence-corrected chi connectivity index (χ3v) is 5.37. The maximum atomic E-state index is 13.2. The van der Waals surface area contributed by atoms with Gasteiger partial charge in [0.05, 0.1) is 5.69 Å². The van der Waals surface area contributed by atoms with E-state index in [4.69, 9.17) is 15.2 Å². The highest BCUT2D eigenvalue weighted by atomic mass is 16.6. The molecule has 1 fully saturated rings. The molecule has 1 atom stereocenters. The number of phenols is 1. The Morgan fingerprint density at radius 3 is 2.35 bits per heavy atom. The molecule has 34 heavy (non-hydrogen) atoms. The summed E-state index contributed by atoms with van der Waals surface area (Å²) in [6, 6.07) is 8.59. The lowest BCUT2D eigenvalue weighted by Crippen LogP contribution is -2.42. The first-order valence-electron chi connectivity index (χ1n) is 11.6. The predicted molar refractivity (Wildman–Crippen MR) is 131 cm³/mol. The van der Waals surface area contributed by atoms with Crippen LogP contribution in [0.4, 0.5) is 10.6 Å². The topological polar surface area (TPSA) is 115 Å². The summed E-state index contributed by atoms with van der Waals surface area (Å²) in [6.45, 7) is 11.8. The van der Waals surface area contributed by atoms with Crippen LogP contribution >= 0.6 is 0 Å². The van der Waals surface area contributed by atoms with E-state index < -0.39 is 17.2 Å². The van der Waals surface area contributed by atoms with Crippen LogP contribution in [-0.4, -0.2) is 51.3 Å². The van der Waals surface area contributed by atoms with Gasteiger partial charge in [-0.1, -0.05) is 12.1 Å². The number of para-hydroxylation sites is 1. The molecule has 8 nitrogen and oxygen atoms in total. The minimum atomic E-state index is -0.716. The van der Waals surface area contributed by atoms with Crippen molar-refractivity contribution in [2.24, 2.45) is 0 Å². The highest BCUT2D eigenvalue weighted by molar-refractivity contribution is 5.97. The summed E-state index contributed by atoms with van der Waals surface area (Å²) in [7, 11) is 0. The summed E-state index contributed by atoms with van der Waals surface area (Å²) in [5.41, 5.74) is 6.80. The minimum absolute atomic E-state index is 0.0272. The smallest absolute Gasteiger partial charge is 0.410 e. The predicted octanol–water partition coefficient (Wildman–Crippen LogP) is 5.11. The molecule has 3 N–H and O–H groups in total. The molecule has 1 saturated heterocycles. The molecule has 0 spiro atoms. The van der Waals surface area contributed by atoms with Crippen LogP contribution in [0, 0.1) is 0 Å². The van der Waals surface area contributed by atoms with Crippen LogP contribution in [0.3, 0.4) is 0 Å². The molecule has 0 aliphatic carbocycles. The molecule has 1 unspecified atom stereocenters. The number of amides is 1. The van der Waals surface area contributed by atoms with Gasteiger partial charge in [0.2, 0.25) is 0 Å². The fraction of sp³-hybridized carbons (Fsp3) is 0.500. The second kappa shape index (κ2) is 9.52. The molecular weight excluding hydrogens is 434 g/mol. The number of aromatic nitrogens is 1. The first kappa shape index (κ1) is 25.3. The normalized spacial score (nSPS) is 16.8. The number of carbonyl (C=O) groups is 2. The van der Waals surface area contributed by atoms with Gasteiger partial charge in [-0.25, -0.2) is 14.6 Å². The number of piperidine rings is 1. The van der Waals surface area contributed by atoms with E-state index in [2.05, 4.69) is 4.98 Å². The van der Waals surface area contributed by atoms with Crippen molar-refractivity contribution in [1.29, 1.82) is 0 Å². The molecule has 0 bridgehead atoms. The van der Waals surface area contributed by atoms with Gasteiger partial charge >= 0.3 is 12.1 Å². The van der Waals surface area contributed by atoms with Crippen LogP contribution in [0.15, 0.2) is 30.3 Å². The lowest BCUT2D eigenvalue weighted by atomic mass is 9.87. The number of rotatable bonds is 3. The summed E-state index contributed by atoms with van der Waals surface area (Å²) >= 11 is 0. The minimum Gasteiger partial charge on any atom is -0.507 e. The Labute approximate surface area is 201 Å². The number of nitrogens with zero attached hydrogens (tertiary/aromatic N) is 2. The Hall–Kier alpha value is -3.29. The van der Waals surface area contributed by atoms with Crippen molar-refractivity contribution in [2.75, 3.05) is 18.8 Å². The summed E-state index contributed by atoms with van der Waals surface area (Å²) in [6.07, 6.45) is 1.10. The van der Waals surface area contributed by atoms with Crippen molar-refractivity contribution < 1.29 is 24.2 Å². The van der Waals surface area contributed by atoms with E-state index >= 15 is 0 Å². The number of esters is 1. The van der Waals surface area contributed by atoms with Crippen LogP contribution < -0.4 is 5.73 Å². The van der Waals surface area contributed by atoms with Gasteiger partial charge in [0.15, 0.2) is 0 Å². The van der Waals surface area contributed by atoms with E-state index in [-0.39, 0.29) is 29.1 Å². The zero-order valence-corrected chi connectivity index (χ0v) is 20.8. The first-order chi connectivity index (χ1) is 15.7. The zero-order chi connectivity index (χ0) is 25.3. The van der Waals surface area contributed by atoms with Gasteiger partial charge in [0.1, 0.15) is 28.3 Å². The molecule has 0 saturated carbocycles. The zero-order valence-electron chi connectivity index (χ0n) is 20.8. The van der Waals surface area contributed by atoms with Crippen molar-refractivity contribution in [3.63, 3.8) is 0 Å². The van der Waals surface area contributed by atoms with Crippen molar-refractivity contribution in [2.45, 2.75) is 71.5 Å². The molecule has 184 valence electrons. The molecule has 1 aromatic carbocycles. The second-order valence-electron chi connectivity index (χ2n) is 10.6. The number of hydrogen-bond donors (Lipinski definition) is 2. The van der Waals surface area contributed by atoms with E-state index in [1.165, 1.54) is 0 Å². The number of anilines is 1. The van der Waals surface area contributed by atoms with Crippen LogP contribution in [0.25, 0.3) is 11.3 Å². The first-order valence-corrected chi connectivity index (χ1v) is 11.6. The standard InChI is InChI=1S/C26H35N3O5/c1-25(2,3)33-23(31)21-18(14-19(28-22(21)27)17-11-7-8-12-20(17)30)16-10-9-13-29(15-16)24(32)34-26(4,5)6/h7-8,11-12,14,16,30H,9-10,13,15H2,1-6H3,(H2,27,28). The van der Waals surface area contributed by atoms with E-state index in [0.29, 0.717) is 29.9 Å². The molecule has 1 aliphatic rings. The summed E-state index contributed by atoms with van der Waals surface area (Å²) in [5, 5.41) is 10.4. The molecule has 2 aromatic rings. The highest BCUT2D eigenvalue weighted by Crippen LogP contribution is 2.37. The number of nitrogen functional groups attached to an aromatic ring is 1. The van der Waals surface area contributed by atoms with E-state index in [1.807, 2.05) is 20.8 Å². The van der Waals surface area contributed by atoms with Gasteiger partial charge in [-0.15, -0.1) is 0 Å². The molecule has 2 heterocycles. The fourth-order valence-electron chi connectivity index (χ4n) is 4.01. The molecule has 8 heteroatoms. The number of hydrogen-bond acceptors (Lipinski definition) is 7. The number of carbonyl (C=O) groups excluding carboxylic acids is 2. The Morgan fingerprint density at radius 1 is 1.09 bits per heavy atom. The number of aromatic hydroxyl groups is 1. The van der Waals surface area contributed by atoms with Gasteiger partial charge < -0.3 is 25.2 Å². The van der Waals surface area contributed by atoms with Crippen LogP contribution in [0.2, 0.25) is 0 Å². The molecular formula is C26H35N3O5. The molecule has 0 radical (unpaired) electrons. The number of nitrogens with two attached hydrogens (primary N) is 1. The van der Waals surface area contributed by atoms with E-state index in [9.17, 15) is 14.7 Å². The lowest BCUT2D eigenvalue weighted by Gasteiger charge is -2.35. The molecule has 1 aromatic heterocycles. The third-order valence-electron chi connectivity index (χ3n) is 5.37. The van der Waals surface area contributed by atoms with E-state index in [0.717, 1.165) is 12.8 Å². The van der Waals surface area contributed by atoms with Gasteiger partial charge in [-0.05, 0) is 78.1 Å². The summed E-state index contributed by atoms with van der Waals surface area (Å²) in [4.78, 5) is 32.0. The van der Waals surface area contributed by atoms with E-state index in [1.54, 1.807) is 56.0 Å². The van der Waals surface area contributed by atoms with Crippen molar-refractivity contribution in [3.8, 4) is 17.0 Å². The number of likely N-dealkylation sites (tertiary alicyclic amines) is 1. The maximum Gasteiger partial charge on any atom is 0.410 e. The number of pyridine rings is 1. The van der Waals surface area contributed by atoms with Crippen molar-refractivity contribution in [1.82, 2.24) is 9.88 Å². The average Bonchev–Trinajstić information content (AvgIpc) is 2.71. The van der Waals surface area contributed by atoms with Gasteiger partial charge in [0.25, 0.3) is 0 Å². The molecule has 3 rings (SSSR count). The number of phenolic OH excluding ortho intramolecular Hbond substituents is 1.